The maximum Gasteiger partial charge on any atom is 0.0297 e. The predicted molar refractivity (Wildman–Crippen MR) is 54.7 cm³/mol. The van der Waals surface area contributed by atoms with E-state index in [1.165, 1.54) is 5.56 Å². The van der Waals surface area contributed by atoms with Gasteiger partial charge in [0.05, 0.1) is 0 Å². The van der Waals surface area contributed by atoms with E-state index < -0.39 is 0 Å². The van der Waals surface area contributed by atoms with Crippen LogP contribution in [0.1, 0.15) is 5.56 Å². The van der Waals surface area contributed by atoms with Gasteiger partial charge in [0.25, 0.3) is 0 Å². The van der Waals surface area contributed by atoms with Crippen LogP contribution in [0.25, 0.3) is 0 Å². The number of nitrogens with one attached hydrogen (secondary N) is 2. The highest BCUT2D eigenvalue weighted by Gasteiger charge is 1.91. The molecule has 0 atom stereocenters. The van der Waals surface area contributed by atoms with Gasteiger partial charge < -0.3 is 10.6 Å². The van der Waals surface area contributed by atoms with Crippen molar-refractivity contribution in [3.63, 3.8) is 0 Å². The first-order valence-corrected chi connectivity index (χ1v) is 4.67. The zero-order valence-electron chi connectivity index (χ0n) is 8.09. The first-order valence-electron chi connectivity index (χ1n) is 4.67. The Balaban J connectivity index is 0.000000132. The van der Waals surface area contributed by atoms with Crippen molar-refractivity contribution >= 4 is 0 Å². The molecule has 72 valence electrons. The van der Waals surface area contributed by atoms with Crippen LogP contribution in [0.5, 0.6) is 0 Å². The van der Waals surface area contributed by atoms with Crippen LogP contribution in [-0.2, 0) is 0 Å². The first-order chi connectivity index (χ1) is 6.39. The minimum absolute atomic E-state index is 1.14. The molecule has 3 heteroatoms. The molecule has 1 aliphatic rings. The van der Waals surface area contributed by atoms with E-state index in [4.69, 9.17) is 0 Å². The van der Waals surface area contributed by atoms with Gasteiger partial charge in [-0.3, -0.25) is 4.98 Å². The molecule has 0 unspecified atom stereocenters. The van der Waals surface area contributed by atoms with E-state index in [1.807, 2.05) is 25.3 Å². The summed E-state index contributed by atoms with van der Waals surface area (Å²) in [5, 5.41) is 6.44. The van der Waals surface area contributed by atoms with Gasteiger partial charge in [0.2, 0.25) is 0 Å². The average molecular weight is 179 g/mol. The summed E-state index contributed by atoms with van der Waals surface area (Å²) < 4.78 is 0. The predicted octanol–water partition coefficient (Wildman–Crippen LogP) is 0.569. The van der Waals surface area contributed by atoms with Crippen LogP contribution in [-0.4, -0.2) is 31.2 Å². The fourth-order valence-electron chi connectivity index (χ4n) is 1.05. The Morgan fingerprint density at radius 1 is 1.15 bits per heavy atom. The highest BCUT2D eigenvalue weighted by Crippen LogP contribution is 1.88. The van der Waals surface area contributed by atoms with Crippen LogP contribution in [0, 0.1) is 6.92 Å². The van der Waals surface area contributed by atoms with Gasteiger partial charge in [0.1, 0.15) is 0 Å². The minimum atomic E-state index is 1.14. The number of hydrogen-bond donors (Lipinski definition) is 2. The summed E-state index contributed by atoms with van der Waals surface area (Å²) in [4.78, 5) is 3.88. The number of aromatic nitrogens is 1. The van der Waals surface area contributed by atoms with Gasteiger partial charge in [-0.15, -0.1) is 0 Å². The molecule has 1 aromatic rings. The number of rotatable bonds is 0. The molecule has 0 saturated carbocycles. The third-order valence-corrected chi connectivity index (χ3v) is 1.77. The van der Waals surface area contributed by atoms with Crippen molar-refractivity contribution in [1.29, 1.82) is 0 Å². The quantitative estimate of drug-likeness (QED) is 0.611. The largest absolute Gasteiger partial charge is 0.314 e. The second-order valence-electron chi connectivity index (χ2n) is 3.03. The van der Waals surface area contributed by atoms with Gasteiger partial charge in [-0.25, -0.2) is 0 Å². The lowest BCUT2D eigenvalue weighted by atomic mass is 10.3. The molecule has 2 heterocycles. The molecule has 1 fully saturated rings. The highest BCUT2D eigenvalue weighted by molar-refractivity contribution is 5.04. The topological polar surface area (TPSA) is 37.0 Å². The van der Waals surface area contributed by atoms with Crippen LogP contribution in [0.15, 0.2) is 24.5 Å². The van der Waals surface area contributed by atoms with E-state index in [0.717, 1.165) is 26.2 Å². The van der Waals surface area contributed by atoms with Crippen molar-refractivity contribution in [2.75, 3.05) is 26.2 Å². The Bertz CT molecular complexity index is 195. The molecule has 0 spiro atoms. The Kier molecular flexibility index (Phi) is 5.13. The van der Waals surface area contributed by atoms with Gasteiger partial charge in [-0.05, 0) is 18.6 Å². The van der Waals surface area contributed by atoms with Crippen molar-refractivity contribution in [3.8, 4) is 0 Å². The lowest BCUT2D eigenvalue weighted by Crippen LogP contribution is -2.39. The lowest BCUT2D eigenvalue weighted by Gasteiger charge is -2.11. The molecule has 0 bridgehead atoms. The zero-order valence-corrected chi connectivity index (χ0v) is 8.09. The highest BCUT2D eigenvalue weighted by atomic mass is 15.0. The third-order valence-electron chi connectivity index (χ3n) is 1.77. The molecule has 2 rings (SSSR count). The molecule has 2 N–H and O–H groups in total. The molecule has 1 aliphatic heterocycles. The fourth-order valence-corrected chi connectivity index (χ4v) is 1.05. The summed E-state index contributed by atoms with van der Waals surface area (Å²) in [6.07, 6.45) is 3.60. The fraction of sp³-hybridized carbons (Fsp3) is 0.500. The molecular weight excluding hydrogens is 162 g/mol. The second kappa shape index (κ2) is 6.57. The maximum atomic E-state index is 3.88. The van der Waals surface area contributed by atoms with Gasteiger partial charge in [0, 0.05) is 38.6 Å². The average Bonchev–Trinajstić information content (AvgIpc) is 2.22. The van der Waals surface area contributed by atoms with Gasteiger partial charge in [-0.2, -0.15) is 0 Å². The summed E-state index contributed by atoms with van der Waals surface area (Å²) in [6.45, 7) is 6.58. The molecular formula is C10H17N3. The lowest BCUT2D eigenvalue weighted by molar-refractivity contribution is 0.534. The maximum absolute atomic E-state index is 3.88. The van der Waals surface area contributed by atoms with Crippen molar-refractivity contribution in [1.82, 2.24) is 15.6 Å². The Morgan fingerprint density at radius 2 is 1.77 bits per heavy atom. The van der Waals surface area contributed by atoms with Crippen LogP contribution < -0.4 is 10.6 Å². The third kappa shape index (κ3) is 5.33. The van der Waals surface area contributed by atoms with E-state index in [2.05, 4.69) is 15.6 Å². The summed E-state index contributed by atoms with van der Waals surface area (Å²) >= 11 is 0. The summed E-state index contributed by atoms with van der Waals surface area (Å²) in [7, 11) is 0. The molecule has 0 amide bonds. The van der Waals surface area contributed by atoms with E-state index in [0.29, 0.717) is 0 Å². The smallest absolute Gasteiger partial charge is 0.0297 e. The number of hydrogen-bond acceptors (Lipinski definition) is 3. The molecule has 0 radical (unpaired) electrons. The van der Waals surface area contributed by atoms with Gasteiger partial charge >= 0.3 is 0 Å². The number of nitrogens with zero attached hydrogens (tertiary/aromatic N) is 1. The molecule has 0 aliphatic carbocycles. The molecule has 1 aromatic heterocycles. The SMILES string of the molecule is C1CNCCN1.Cc1cccnc1. The standard InChI is InChI=1S/C6H7N.C4H10N2/c1-6-3-2-4-7-5-6;1-2-6-4-3-5-1/h2-5H,1H3;5-6H,1-4H2. The molecule has 0 aromatic carbocycles. The molecule has 1 saturated heterocycles. The van der Waals surface area contributed by atoms with Crippen molar-refractivity contribution in [3.05, 3.63) is 30.1 Å². The summed E-state index contributed by atoms with van der Waals surface area (Å²) in [5.41, 5.74) is 1.21. The Hall–Kier alpha value is -0.930. The Morgan fingerprint density at radius 3 is 2.00 bits per heavy atom. The first kappa shape index (κ1) is 10.2. The van der Waals surface area contributed by atoms with E-state index in [-0.39, 0.29) is 0 Å². The summed E-state index contributed by atoms with van der Waals surface area (Å²) in [5.74, 6) is 0. The van der Waals surface area contributed by atoms with Crippen LogP contribution in [0.2, 0.25) is 0 Å². The number of pyridine rings is 1. The molecule has 13 heavy (non-hydrogen) atoms. The zero-order chi connectivity index (χ0) is 9.36. The van der Waals surface area contributed by atoms with E-state index >= 15 is 0 Å². The number of piperazine rings is 1. The van der Waals surface area contributed by atoms with Crippen LogP contribution in [0.3, 0.4) is 0 Å². The van der Waals surface area contributed by atoms with E-state index in [9.17, 15) is 0 Å². The monoisotopic (exact) mass is 179 g/mol. The van der Waals surface area contributed by atoms with Gasteiger partial charge in [0.15, 0.2) is 0 Å². The van der Waals surface area contributed by atoms with Crippen molar-refractivity contribution in [2.24, 2.45) is 0 Å². The second-order valence-corrected chi connectivity index (χ2v) is 3.03. The normalized spacial score (nSPS) is 15.8. The number of aryl methyl sites for hydroxylation is 1. The van der Waals surface area contributed by atoms with Crippen LogP contribution in [0.4, 0.5) is 0 Å². The summed E-state index contributed by atoms with van der Waals surface area (Å²) in [6, 6.07) is 3.95. The van der Waals surface area contributed by atoms with Crippen molar-refractivity contribution in [2.45, 2.75) is 6.92 Å². The Labute approximate surface area is 79.6 Å². The van der Waals surface area contributed by atoms with E-state index in [1.54, 1.807) is 6.20 Å². The minimum Gasteiger partial charge on any atom is -0.314 e. The molecule has 3 nitrogen and oxygen atoms in total. The van der Waals surface area contributed by atoms with Crippen LogP contribution >= 0.6 is 0 Å². The van der Waals surface area contributed by atoms with Crippen molar-refractivity contribution < 1.29 is 0 Å². The van der Waals surface area contributed by atoms with Gasteiger partial charge in [-0.1, -0.05) is 6.07 Å².